The number of thiazole rings is 1. The van der Waals surface area contributed by atoms with Gasteiger partial charge in [0.05, 0.1) is 11.9 Å². The first-order valence-electron chi connectivity index (χ1n) is 8.57. The number of unbranched alkanes of at least 4 members (excludes halogenated alkanes) is 1. The molecule has 3 aromatic rings. The molecular formula is C18H20N6S3. The van der Waals surface area contributed by atoms with Gasteiger partial charge in [0.25, 0.3) is 0 Å². The van der Waals surface area contributed by atoms with Crippen LogP contribution in [0.25, 0.3) is 22.2 Å². The molecule has 9 heteroatoms. The first kappa shape index (κ1) is 19.9. The normalized spacial score (nSPS) is 10.9. The van der Waals surface area contributed by atoms with Crippen LogP contribution in [-0.2, 0) is 7.05 Å². The van der Waals surface area contributed by atoms with Crippen LogP contribution in [0.3, 0.4) is 0 Å². The molecule has 0 N–H and O–H groups in total. The molecule has 3 aromatic heterocycles. The molecule has 0 aromatic carbocycles. The van der Waals surface area contributed by atoms with Crippen molar-refractivity contribution in [3.8, 4) is 28.3 Å². The van der Waals surface area contributed by atoms with Crippen LogP contribution in [0.4, 0.5) is 0 Å². The summed E-state index contributed by atoms with van der Waals surface area (Å²) in [5.74, 6) is 2.54. The largest absolute Gasteiger partial charge is 0.330 e. The monoisotopic (exact) mass is 416 g/mol. The Morgan fingerprint density at radius 3 is 2.78 bits per heavy atom. The Labute approximate surface area is 171 Å². The summed E-state index contributed by atoms with van der Waals surface area (Å²) in [6.07, 6.45) is 5.88. The second kappa shape index (κ2) is 9.35. The number of imidazole rings is 1. The van der Waals surface area contributed by atoms with E-state index in [1.165, 1.54) is 24.2 Å². The number of nitriles is 1. The van der Waals surface area contributed by atoms with Gasteiger partial charge < -0.3 is 4.57 Å². The van der Waals surface area contributed by atoms with Crippen LogP contribution in [0.1, 0.15) is 31.2 Å². The zero-order chi connectivity index (χ0) is 19.2. The Kier molecular flexibility index (Phi) is 6.88. The second-order valence-corrected chi connectivity index (χ2v) is 9.13. The van der Waals surface area contributed by atoms with Crippen molar-refractivity contribution in [1.29, 1.82) is 5.26 Å². The van der Waals surface area contributed by atoms with E-state index in [-0.39, 0.29) is 0 Å². The van der Waals surface area contributed by atoms with Crippen molar-refractivity contribution in [3.05, 3.63) is 29.2 Å². The summed E-state index contributed by atoms with van der Waals surface area (Å²) < 4.78 is 1.94. The molecule has 6 nitrogen and oxygen atoms in total. The van der Waals surface area contributed by atoms with Crippen molar-refractivity contribution < 1.29 is 0 Å². The van der Waals surface area contributed by atoms with Gasteiger partial charge in [-0.05, 0) is 19.1 Å². The van der Waals surface area contributed by atoms with E-state index in [1.54, 1.807) is 24.2 Å². The standard InChI is InChI=1S/C18H20N6S3/c1-4-5-7-25-11-27-17-13(9-19)15(14-10-21-12(2)24(14)3)22-16(23-17)18-20-6-8-26-18/h6,8,10H,4-5,7,11H2,1-3H3. The Morgan fingerprint density at radius 1 is 1.30 bits per heavy atom. The van der Waals surface area contributed by atoms with Crippen molar-refractivity contribution in [2.75, 3.05) is 10.8 Å². The highest BCUT2D eigenvalue weighted by atomic mass is 32.2. The minimum Gasteiger partial charge on any atom is -0.330 e. The number of rotatable bonds is 8. The molecular weight excluding hydrogens is 396 g/mol. The SMILES string of the molecule is CCCCSCSc1nc(-c2nccs2)nc(-c2cnc(C)n2C)c1C#N. The average Bonchev–Trinajstić information content (AvgIpc) is 3.32. The summed E-state index contributed by atoms with van der Waals surface area (Å²) in [6, 6.07) is 2.31. The minimum absolute atomic E-state index is 0.499. The molecule has 0 bridgehead atoms. The zero-order valence-corrected chi connectivity index (χ0v) is 17.9. The van der Waals surface area contributed by atoms with Gasteiger partial charge >= 0.3 is 0 Å². The maximum absolute atomic E-state index is 9.83. The molecule has 0 aliphatic carbocycles. The molecule has 0 spiro atoms. The number of aryl methyl sites for hydroxylation is 1. The topological polar surface area (TPSA) is 80.3 Å². The highest BCUT2D eigenvalue weighted by Gasteiger charge is 2.20. The molecule has 0 fully saturated rings. The molecule has 27 heavy (non-hydrogen) atoms. The van der Waals surface area contributed by atoms with Gasteiger partial charge in [-0.2, -0.15) is 17.0 Å². The van der Waals surface area contributed by atoms with E-state index in [9.17, 15) is 5.26 Å². The third-order valence-electron chi connectivity index (χ3n) is 4.00. The minimum atomic E-state index is 0.499. The Morgan fingerprint density at radius 2 is 2.15 bits per heavy atom. The van der Waals surface area contributed by atoms with E-state index >= 15 is 0 Å². The lowest BCUT2D eigenvalue weighted by atomic mass is 10.2. The lowest BCUT2D eigenvalue weighted by molar-refractivity contribution is 0.858. The molecule has 0 unspecified atom stereocenters. The first-order valence-corrected chi connectivity index (χ1v) is 11.6. The summed E-state index contributed by atoms with van der Waals surface area (Å²) >= 11 is 4.95. The van der Waals surface area contributed by atoms with Crippen LogP contribution in [0.5, 0.6) is 0 Å². The van der Waals surface area contributed by atoms with Crippen LogP contribution in [0, 0.1) is 18.3 Å². The fourth-order valence-electron chi connectivity index (χ4n) is 2.39. The van der Waals surface area contributed by atoms with Gasteiger partial charge in [0.2, 0.25) is 0 Å². The van der Waals surface area contributed by atoms with Gasteiger partial charge in [-0.15, -0.1) is 11.3 Å². The third kappa shape index (κ3) is 4.51. The van der Waals surface area contributed by atoms with Gasteiger partial charge in [-0.25, -0.2) is 19.9 Å². The van der Waals surface area contributed by atoms with Crippen molar-refractivity contribution in [3.63, 3.8) is 0 Å². The van der Waals surface area contributed by atoms with E-state index in [1.807, 2.05) is 35.7 Å². The van der Waals surface area contributed by atoms with E-state index in [0.717, 1.165) is 27.4 Å². The van der Waals surface area contributed by atoms with Crippen molar-refractivity contribution in [1.82, 2.24) is 24.5 Å². The molecule has 3 rings (SSSR count). The molecule has 0 radical (unpaired) electrons. The predicted molar refractivity (Wildman–Crippen MR) is 113 cm³/mol. The maximum Gasteiger partial charge on any atom is 0.190 e. The molecule has 3 heterocycles. The van der Waals surface area contributed by atoms with Gasteiger partial charge in [-0.3, -0.25) is 0 Å². The molecule has 0 saturated heterocycles. The van der Waals surface area contributed by atoms with Crippen molar-refractivity contribution in [2.24, 2.45) is 7.05 Å². The van der Waals surface area contributed by atoms with Gasteiger partial charge in [-0.1, -0.05) is 25.1 Å². The maximum atomic E-state index is 9.83. The third-order valence-corrected chi connectivity index (χ3v) is 7.05. The number of thioether (sulfide) groups is 2. The van der Waals surface area contributed by atoms with Gasteiger partial charge in [0.1, 0.15) is 28.2 Å². The first-order chi connectivity index (χ1) is 13.2. The molecule has 0 aliphatic heterocycles. The fraction of sp³-hybridized carbons (Fsp3) is 0.389. The lowest BCUT2D eigenvalue weighted by Gasteiger charge is -2.11. The van der Waals surface area contributed by atoms with Crippen LogP contribution >= 0.6 is 34.9 Å². The molecule has 0 saturated carbocycles. The van der Waals surface area contributed by atoms with Crippen LogP contribution in [-0.4, -0.2) is 35.3 Å². The van der Waals surface area contributed by atoms with Crippen LogP contribution < -0.4 is 0 Å². The fourth-order valence-corrected chi connectivity index (χ4v) is 5.14. The Bertz CT molecular complexity index is 943. The molecule has 140 valence electrons. The molecule has 0 atom stereocenters. The van der Waals surface area contributed by atoms with Crippen molar-refractivity contribution in [2.45, 2.75) is 31.7 Å². The lowest BCUT2D eigenvalue weighted by Crippen LogP contribution is -2.03. The highest BCUT2D eigenvalue weighted by Crippen LogP contribution is 2.33. The molecule has 0 aliphatic rings. The number of hydrogen-bond acceptors (Lipinski definition) is 8. The summed E-state index contributed by atoms with van der Waals surface area (Å²) in [5, 5.41) is 14.0. The smallest absolute Gasteiger partial charge is 0.190 e. The summed E-state index contributed by atoms with van der Waals surface area (Å²) in [5.41, 5.74) is 1.92. The number of aromatic nitrogens is 5. The number of hydrogen-bond donors (Lipinski definition) is 0. The highest BCUT2D eigenvalue weighted by molar-refractivity contribution is 8.15. The Hall–Kier alpha value is -1.89. The van der Waals surface area contributed by atoms with E-state index < -0.39 is 0 Å². The predicted octanol–water partition coefficient (Wildman–Crippen LogP) is 4.76. The second-order valence-electron chi connectivity index (χ2n) is 5.80. The van der Waals surface area contributed by atoms with E-state index in [0.29, 0.717) is 22.1 Å². The van der Waals surface area contributed by atoms with E-state index in [4.69, 9.17) is 0 Å². The summed E-state index contributed by atoms with van der Waals surface area (Å²) in [6.45, 7) is 4.12. The quantitative estimate of drug-likeness (QED) is 0.226. The Balaban J connectivity index is 2.03. The van der Waals surface area contributed by atoms with E-state index in [2.05, 4.69) is 32.9 Å². The van der Waals surface area contributed by atoms with Crippen LogP contribution in [0.2, 0.25) is 0 Å². The number of nitrogens with zero attached hydrogens (tertiary/aromatic N) is 6. The van der Waals surface area contributed by atoms with Gasteiger partial charge in [0.15, 0.2) is 10.8 Å². The van der Waals surface area contributed by atoms with Gasteiger partial charge in [0, 0.05) is 23.7 Å². The average molecular weight is 417 g/mol. The zero-order valence-electron chi connectivity index (χ0n) is 15.5. The van der Waals surface area contributed by atoms with Crippen LogP contribution in [0.15, 0.2) is 22.8 Å². The molecule has 0 amide bonds. The summed E-state index contributed by atoms with van der Waals surface area (Å²) in [7, 11) is 1.93. The summed E-state index contributed by atoms with van der Waals surface area (Å²) in [4.78, 5) is 18.0. The van der Waals surface area contributed by atoms with Crippen molar-refractivity contribution >= 4 is 34.9 Å².